The van der Waals surface area contributed by atoms with Gasteiger partial charge in [0.05, 0.1) is 11.1 Å². The summed E-state index contributed by atoms with van der Waals surface area (Å²) < 4.78 is 13.5. The third kappa shape index (κ3) is 3.92. The van der Waals surface area contributed by atoms with Gasteiger partial charge in [-0.15, -0.1) is 0 Å². The number of carbonyl (C=O) groups excluding carboxylic acids is 2. The fourth-order valence-electron chi connectivity index (χ4n) is 4.95. The number of nitrogens with zero attached hydrogens (tertiary/aromatic N) is 1. The molecule has 3 heterocycles. The van der Waals surface area contributed by atoms with E-state index in [0.717, 1.165) is 22.3 Å². The summed E-state index contributed by atoms with van der Waals surface area (Å²) >= 11 is 0. The van der Waals surface area contributed by atoms with Crippen molar-refractivity contribution in [2.75, 3.05) is 18.4 Å². The molecule has 0 unspecified atom stereocenters. The average molecular weight is 459 g/mol. The molecule has 3 aromatic rings. The van der Waals surface area contributed by atoms with Crippen LogP contribution in [0.25, 0.3) is 22.8 Å². The van der Waals surface area contributed by atoms with Crippen molar-refractivity contribution in [2.45, 2.75) is 32.9 Å². The van der Waals surface area contributed by atoms with E-state index >= 15 is 0 Å². The lowest BCUT2D eigenvalue weighted by Gasteiger charge is -2.36. The van der Waals surface area contributed by atoms with Gasteiger partial charge in [0.15, 0.2) is 0 Å². The molecular weight excluding hydrogens is 431 g/mol. The summed E-state index contributed by atoms with van der Waals surface area (Å²) in [6, 6.07) is 12.3. The fourth-order valence-corrected chi connectivity index (χ4v) is 4.95. The van der Waals surface area contributed by atoms with Gasteiger partial charge in [0.2, 0.25) is 0 Å². The van der Waals surface area contributed by atoms with Gasteiger partial charge in [-0.05, 0) is 61.7 Å². The van der Waals surface area contributed by atoms with Crippen molar-refractivity contribution in [3.63, 3.8) is 0 Å². The second-order valence-corrected chi connectivity index (χ2v) is 9.17. The molecule has 34 heavy (non-hydrogen) atoms. The summed E-state index contributed by atoms with van der Waals surface area (Å²) in [5.41, 5.74) is 5.77. The summed E-state index contributed by atoms with van der Waals surface area (Å²) in [4.78, 5) is 31.2. The van der Waals surface area contributed by atoms with E-state index in [1.807, 2.05) is 30.0 Å². The Bertz CT molecular complexity index is 1300. The first-order chi connectivity index (χ1) is 16.3. The van der Waals surface area contributed by atoms with Crippen molar-refractivity contribution in [2.24, 2.45) is 0 Å². The van der Waals surface area contributed by atoms with Crippen molar-refractivity contribution in [1.82, 2.24) is 15.2 Å². The van der Waals surface area contributed by atoms with E-state index in [-0.39, 0.29) is 29.7 Å². The van der Waals surface area contributed by atoms with Crippen LogP contribution in [0.2, 0.25) is 0 Å². The first-order valence-corrected chi connectivity index (χ1v) is 11.5. The number of amides is 2. The van der Waals surface area contributed by atoms with Crippen LogP contribution in [0.5, 0.6) is 0 Å². The maximum atomic E-state index is 13.5. The fraction of sp³-hybridized carbons (Fsp3) is 0.259. The number of hydrogen-bond acceptors (Lipinski definition) is 3. The lowest BCUT2D eigenvalue weighted by Crippen LogP contribution is -2.55. The summed E-state index contributed by atoms with van der Waals surface area (Å²) in [5.74, 6) is -0.535. The normalized spacial score (nSPS) is 21.0. The molecule has 1 fully saturated rings. The number of H-pyrrole nitrogens is 1. The largest absolute Gasteiger partial charge is 0.361 e. The van der Waals surface area contributed by atoms with Crippen molar-refractivity contribution in [3.05, 3.63) is 76.9 Å². The maximum Gasteiger partial charge on any atom is 0.256 e. The molecule has 7 heteroatoms. The van der Waals surface area contributed by atoms with Gasteiger partial charge in [-0.25, -0.2) is 4.39 Å². The second kappa shape index (κ2) is 8.57. The zero-order valence-electron chi connectivity index (χ0n) is 19.4. The minimum absolute atomic E-state index is 0.0122. The number of halogens is 1. The highest BCUT2D eigenvalue weighted by Crippen LogP contribution is 2.40. The van der Waals surface area contributed by atoms with E-state index < -0.39 is 0 Å². The molecule has 2 aromatic carbocycles. The molecule has 0 bridgehead atoms. The number of rotatable bonds is 3. The van der Waals surface area contributed by atoms with E-state index in [1.165, 1.54) is 12.1 Å². The number of fused-ring (bicyclic) bond motifs is 1. The highest BCUT2D eigenvalue weighted by Gasteiger charge is 2.30. The van der Waals surface area contributed by atoms with Gasteiger partial charge in [-0.1, -0.05) is 24.3 Å². The molecule has 1 saturated heterocycles. The molecule has 2 aliphatic rings. The zero-order valence-corrected chi connectivity index (χ0v) is 19.4. The SMILES string of the molecule is Cc1c(C(=O)N2C[C@H](C)N[C@@H](C)C2)c[nH]c1C=C1C(=O)Nc2cccc(-c3ccc(F)cc3)c21. The molecule has 0 radical (unpaired) electrons. The molecule has 0 saturated carbocycles. The smallest absolute Gasteiger partial charge is 0.256 e. The molecule has 1 aromatic heterocycles. The first kappa shape index (κ1) is 22.1. The van der Waals surface area contributed by atoms with Crippen LogP contribution in [0.4, 0.5) is 10.1 Å². The van der Waals surface area contributed by atoms with Gasteiger partial charge in [0, 0.05) is 48.3 Å². The molecule has 2 atom stereocenters. The predicted molar refractivity (Wildman–Crippen MR) is 132 cm³/mol. The summed E-state index contributed by atoms with van der Waals surface area (Å²) in [7, 11) is 0. The van der Waals surface area contributed by atoms with Crippen LogP contribution < -0.4 is 10.6 Å². The Kier molecular flexibility index (Phi) is 5.57. The molecule has 3 N–H and O–H groups in total. The van der Waals surface area contributed by atoms with E-state index in [0.29, 0.717) is 35.6 Å². The Balaban J connectivity index is 1.52. The van der Waals surface area contributed by atoms with Crippen molar-refractivity contribution < 1.29 is 14.0 Å². The first-order valence-electron chi connectivity index (χ1n) is 11.5. The Labute approximate surface area is 197 Å². The number of nitrogens with one attached hydrogen (secondary N) is 3. The number of piperazine rings is 1. The van der Waals surface area contributed by atoms with Gasteiger partial charge in [-0.2, -0.15) is 0 Å². The van der Waals surface area contributed by atoms with Crippen molar-refractivity contribution >= 4 is 29.2 Å². The van der Waals surface area contributed by atoms with Gasteiger partial charge in [-0.3, -0.25) is 9.59 Å². The third-order valence-electron chi connectivity index (χ3n) is 6.53. The third-order valence-corrected chi connectivity index (χ3v) is 6.53. The van der Waals surface area contributed by atoms with E-state index in [9.17, 15) is 14.0 Å². The number of aromatic amines is 1. The molecular formula is C27H27FN4O2. The maximum absolute atomic E-state index is 13.5. The van der Waals surface area contributed by atoms with Gasteiger partial charge in [0.25, 0.3) is 11.8 Å². The van der Waals surface area contributed by atoms with E-state index in [4.69, 9.17) is 0 Å². The number of anilines is 1. The minimum atomic E-state index is -0.311. The Morgan fingerprint density at radius 3 is 2.50 bits per heavy atom. The summed E-state index contributed by atoms with van der Waals surface area (Å²) in [6.45, 7) is 7.35. The average Bonchev–Trinajstić information content (AvgIpc) is 3.32. The second-order valence-electron chi connectivity index (χ2n) is 9.17. The highest BCUT2D eigenvalue weighted by molar-refractivity contribution is 6.36. The van der Waals surface area contributed by atoms with Crippen LogP contribution in [0.1, 0.15) is 41.0 Å². The Hall–Kier alpha value is -3.71. The quantitative estimate of drug-likeness (QED) is 0.508. The highest BCUT2D eigenvalue weighted by atomic mass is 19.1. The minimum Gasteiger partial charge on any atom is -0.361 e. The van der Waals surface area contributed by atoms with Gasteiger partial charge >= 0.3 is 0 Å². The molecule has 0 spiro atoms. The Morgan fingerprint density at radius 2 is 1.79 bits per heavy atom. The molecule has 5 rings (SSSR count). The standard InChI is InChI=1S/C27H27FN4O2/c1-15-13-32(14-16(2)30-15)27(34)22-12-29-24(17(22)3)11-21-25-20(18-7-9-19(28)10-8-18)5-4-6-23(25)31-26(21)33/h4-12,15-16,29-30H,13-14H2,1-3H3,(H,31,33)/t15-,16-/m0/s1. The number of hydrogen-bond donors (Lipinski definition) is 3. The van der Waals surface area contributed by atoms with Crippen molar-refractivity contribution in [1.29, 1.82) is 0 Å². The molecule has 174 valence electrons. The summed E-state index contributed by atoms with van der Waals surface area (Å²) in [5, 5.41) is 6.37. The van der Waals surface area contributed by atoms with Crippen LogP contribution in [-0.4, -0.2) is 46.9 Å². The van der Waals surface area contributed by atoms with Crippen LogP contribution >= 0.6 is 0 Å². The molecule has 0 aliphatic carbocycles. The van der Waals surface area contributed by atoms with Crippen LogP contribution in [0.15, 0.2) is 48.7 Å². The van der Waals surface area contributed by atoms with Crippen LogP contribution in [0, 0.1) is 12.7 Å². The Morgan fingerprint density at radius 1 is 1.09 bits per heavy atom. The number of carbonyl (C=O) groups is 2. The van der Waals surface area contributed by atoms with Gasteiger partial charge in [0.1, 0.15) is 5.82 Å². The van der Waals surface area contributed by atoms with Crippen LogP contribution in [-0.2, 0) is 4.79 Å². The molecule has 2 amide bonds. The topological polar surface area (TPSA) is 77.2 Å². The molecule has 2 aliphatic heterocycles. The van der Waals surface area contributed by atoms with Crippen molar-refractivity contribution in [3.8, 4) is 11.1 Å². The molecule has 6 nitrogen and oxygen atoms in total. The predicted octanol–water partition coefficient (Wildman–Crippen LogP) is 4.44. The summed E-state index contributed by atoms with van der Waals surface area (Å²) in [6.07, 6.45) is 3.52. The number of aromatic nitrogens is 1. The van der Waals surface area contributed by atoms with Gasteiger partial charge < -0.3 is 20.5 Å². The van der Waals surface area contributed by atoms with E-state index in [1.54, 1.807) is 24.4 Å². The van der Waals surface area contributed by atoms with E-state index in [2.05, 4.69) is 29.5 Å². The van der Waals surface area contributed by atoms with Crippen LogP contribution in [0.3, 0.4) is 0 Å². The lowest BCUT2D eigenvalue weighted by atomic mass is 9.94. The number of benzene rings is 2. The monoisotopic (exact) mass is 458 g/mol. The lowest BCUT2D eigenvalue weighted by molar-refractivity contribution is -0.110. The zero-order chi connectivity index (χ0) is 24.0.